The molecule has 112 valence electrons. The third-order valence-corrected chi connectivity index (χ3v) is 3.64. The molecular formula is C17H13N5O. The van der Waals surface area contributed by atoms with Crippen molar-refractivity contribution in [3.63, 3.8) is 0 Å². The van der Waals surface area contributed by atoms with Crippen molar-refractivity contribution in [2.45, 2.75) is 6.54 Å². The molecule has 3 aromatic heterocycles. The first kappa shape index (κ1) is 13.4. The van der Waals surface area contributed by atoms with Gasteiger partial charge in [-0.3, -0.25) is 9.36 Å². The Labute approximate surface area is 131 Å². The van der Waals surface area contributed by atoms with Crippen molar-refractivity contribution in [2.24, 2.45) is 0 Å². The average Bonchev–Trinajstić information content (AvgIpc) is 3.13. The fraction of sp³-hybridized carbons (Fsp3) is 0.0588. The van der Waals surface area contributed by atoms with Gasteiger partial charge in [0.1, 0.15) is 0 Å². The van der Waals surface area contributed by atoms with Gasteiger partial charge < -0.3 is 0 Å². The maximum absolute atomic E-state index is 12.4. The first-order chi connectivity index (χ1) is 11.3. The maximum Gasteiger partial charge on any atom is 0.280 e. The number of rotatable bonds is 3. The molecule has 0 radical (unpaired) electrons. The third kappa shape index (κ3) is 2.50. The van der Waals surface area contributed by atoms with E-state index in [0.29, 0.717) is 17.6 Å². The van der Waals surface area contributed by atoms with E-state index in [9.17, 15) is 4.79 Å². The molecule has 0 unspecified atom stereocenters. The fourth-order valence-corrected chi connectivity index (χ4v) is 2.47. The molecule has 0 N–H and O–H groups in total. The van der Waals surface area contributed by atoms with Gasteiger partial charge in [-0.05, 0) is 35.9 Å². The van der Waals surface area contributed by atoms with Crippen molar-refractivity contribution in [1.82, 2.24) is 24.3 Å². The van der Waals surface area contributed by atoms with Crippen LogP contribution in [0, 0.1) is 0 Å². The third-order valence-electron chi connectivity index (χ3n) is 3.64. The lowest BCUT2D eigenvalue weighted by atomic mass is 10.2. The zero-order valence-electron chi connectivity index (χ0n) is 12.2. The van der Waals surface area contributed by atoms with Crippen LogP contribution in [0.2, 0.25) is 0 Å². The summed E-state index contributed by atoms with van der Waals surface area (Å²) >= 11 is 0. The summed E-state index contributed by atoms with van der Waals surface area (Å²) in [5.41, 5.74) is 2.86. The van der Waals surface area contributed by atoms with Crippen LogP contribution < -0.4 is 5.56 Å². The van der Waals surface area contributed by atoms with E-state index >= 15 is 0 Å². The monoisotopic (exact) mass is 303 g/mol. The minimum atomic E-state index is -0.133. The summed E-state index contributed by atoms with van der Waals surface area (Å²) in [6.45, 7) is 0.456. The summed E-state index contributed by atoms with van der Waals surface area (Å²) in [7, 11) is 0. The van der Waals surface area contributed by atoms with Gasteiger partial charge in [0.15, 0.2) is 5.52 Å². The molecule has 0 aliphatic rings. The average molecular weight is 303 g/mol. The van der Waals surface area contributed by atoms with Crippen LogP contribution >= 0.6 is 0 Å². The predicted molar refractivity (Wildman–Crippen MR) is 86.5 cm³/mol. The van der Waals surface area contributed by atoms with Gasteiger partial charge in [0, 0.05) is 18.6 Å². The van der Waals surface area contributed by atoms with Crippen molar-refractivity contribution in [3.8, 4) is 5.69 Å². The number of pyridine rings is 1. The number of hydrogen-bond acceptors (Lipinski definition) is 4. The maximum atomic E-state index is 12.4. The second kappa shape index (κ2) is 5.49. The van der Waals surface area contributed by atoms with Gasteiger partial charge in [-0.15, -0.1) is 0 Å². The predicted octanol–water partition coefficient (Wildman–Crippen LogP) is 2.03. The topological polar surface area (TPSA) is 65.6 Å². The summed E-state index contributed by atoms with van der Waals surface area (Å²) in [5, 5.41) is 4.19. The van der Waals surface area contributed by atoms with E-state index in [-0.39, 0.29) is 5.56 Å². The number of aromatic nitrogens is 5. The van der Waals surface area contributed by atoms with Crippen LogP contribution in [0.5, 0.6) is 0 Å². The van der Waals surface area contributed by atoms with Gasteiger partial charge in [0.25, 0.3) is 5.56 Å². The molecule has 6 heteroatoms. The van der Waals surface area contributed by atoms with E-state index in [4.69, 9.17) is 0 Å². The Bertz CT molecular complexity index is 1000. The van der Waals surface area contributed by atoms with Crippen molar-refractivity contribution in [3.05, 3.63) is 83.3 Å². The minimum absolute atomic E-state index is 0.133. The van der Waals surface area contributed by atoms with E-state index in [1.807, 2.05) is 36.5 Å². The van der Waals surface area contributed by atoms with E-state index in [2.05, 4.69) is 15.1 Å². The first-order valence-electron chi connectivity index (χ1n) is 7.20. The molecule has 1 aromatic carbocycles. The Kier molecular flexibility index (Phi) is 3.20. The summed E-state index contributed by atoms with van der Waals surface area (Å²) in [6, 6.07) is 13.3. The van der Waals surface area contributed by atoms with Gasteiger partial charge >= 0.3 is 0 Å². The number of nitrogens with zero attached hydrogens (tertiary/aromatic N) is 5. The molecule has 4 rings (SSSR count). The largest absolute Gasteiger partial charge is 0.293 e. The number of fused-ring (bicyclic) bond motifs is 1. The summed E-state index contributed by atoms with van der Waals surface area (Å²) < 4.78 is 3.36. The zero-order valence-corrected chi connectivity index (χ0v) is 12.2. The molecule has 0 aliphatic carbocycles. The van der Waals surface area contributed by atoms with E-state index in [0.717, 1.165) is 11.3 Å². The zero-order chi connectivity index (χ0) is 15.6. The Hall–Kier alpha value is -3.28. The first-order valence-corrected chi connectivity index (χ1v) is 7.20. The van der Waals surface area contributed by atoms with Crippen LogP contribution in [-0.4, -0.2) is 24.3 Å². The van der Waals surface area contributed by atoms with Crippen LogP contribution in [0.4, 0.5) is 0 Å². The molecule has 0 saturated carbocycles. The second-order valence-electron chi connectivity index (χ2n) is 5.17. The Morgan fingerprint density at radius 2 is 1.83 bits per heavy atom. The Morgan fingerprint density at radius 3 is 2.61 bits per heavy atom. The van der Waals surface area contributed by atoms with Crippen LogP contribution in [0.1, 0.15) is 5.56 Å². The molecule has 3 heterocycles. The normalized spacial score (nSPS) is 11.0. The molecule has 0 spiro atoms. The molecule has 0 aliphatic heterocycles. The van der Waals surface area contributed by atoms with Gasteiger partial charge in [0.05, 0.1) is 24.1 Å². The van der Waals surface area contributed by atoms with Crippen LogP contribution in [0.15, 0.2) is 72.2 Å². The summed E-state index contributed by atoms with van der Waals surface area (Å²) in [4.78, 5) is 20.8. The van der Waals surface area contributed by atoms with Gasteiger partial charge in [-0.2, -0.15) is 5.10 Å². The quantitative estimate of drug-likeness (QED) is 0.581. The lowest BCUT2D eigenvalue weighted by Crippen LogP contribution is -2.21. The molecule has 0 saturated heterocycles. The van der Waals surface area contributed by atoms with Gasteiger partial charge in [0.2, 0.25) is 0 Å². The standard InChI is InChI=1S/C17H13N5O/c23-17-16-15(3-1-8-18-16)19-12-21(17)11-13-4-6-14(7-5-13)22-10-2-9-20-22/h1-10,12H,11H2. The molecule has 0 atom stereocenters. The minimum Gasteiger partial charge on any atom is -0.293 e. The highest BCUT2D eigenvalue weighted by Gasteiger charge is 2.05. The summed E-state index contributed by atoms with van der Waals surface area (Å²) in [6.07, 6.45) is 6.79. The molecule has 0 amide bonds. The van der Waals surface area contributed by atoms with Crippen molar-refractivity contribution < 1.29 is 0 Å². The summed E-state index contributed by atoms with van der Waals surface area (Å²) in [5.74, 6) is 0. The molecule has 23 heavy (non-hydrogen) atoms. The molecular weight excluding hydrogens is 290 g/mol. The highest BCUT2D eigenvalue weighted by molar-refractivity contribution is 5.71. The van der Waals surface area contributed by atoms with E-state index in [1.54, 1.807) is 40.1 Å². The van der Waals surface area contributed by atoms with E-state index in [1.165, 1.54) is 0 Å². The lowest BCUT2D eigenvalue weighted by molar-refractivity contribution is 0.745. The van der Waals surface area contributed by atoms with Crippen molar-refractivity contribution in [1.29, 1.82) is 0 Å². The van der Waals surface area contributed by atoms with Crippen molar-refractivity contribution in [2.75, 3.05) is 0 Å². The van der Waals surface area contributed by atoms with Crippen molar-refractivity contribution >= 4 is 11.0 Å². The Morgan fingerprint density at radius 1 is 0.957 bits per heavy atom. The molecule has 0 fully saturated rings. The van der Waals surface area contributed by atoms with Crippen LogP contribution in [0.25, 0.3) is 16.7 Å². The highest BCUT2D eigenvalue weighted by Crippen LogP contribution is 2.10. The fourth-order valence-electron chi connectivity index (χ4n) is 2.47. The van der Waals surface area contributed by atoms with Gasteiger partial charge in [-0.1, -0.05) is 12.1 Å². The van der Waals surface area contributed by atoms with Crippen LogP contribution in [0.3, 0.4) is 0 Å². The highest BCUT2D eigenvalue weighted by atomic mass is 16.1. The lowest BCUT2D eigenvalue weighted by Gasteiger charge is -2.07. The van der Waals surface area contributed by atoms with Crippen LogP contribution in [-0.2, 0) is 6.54 Å². The molecule has 0 bridgehead atoms. The number of benzene rings is 1. The molecule has 6 nitrogen and oxygen atoms in total. The van der Waals surface area contributed by atoms with E-state index < -0.39 is 0 Å². The second-order valence-corrected chi connectivity index (χ2v) is 5.17. The smallest absolute Gasteiger partial charge is 0.280 e. The SMILES string of the molecule is O=c1c2ncccc2ncn1Cc1ccc(-n2cccn2)cc1. The van der Waals surface area contributed by atoms with Gasteiger partial charge in [-0.25, -0.2) is 14.6 Å². The number of hydrogen-bond donors (Lipinski definition) is 0. The molecule has 4 aromatic rings. The Balaban J connectivity index is 1.66.